The van der Waals surface area contributed by atoms with Crippen LogP contribution in [0.4, 0.5) is 5.00 Å². The normalized spacial score (nSPS) is 10.3. The number of hydrogen-bond acceptors (Lipinski definition) is 7. The minimum atomic E-state index is -0.686. The van der Waals surface area contributed by atoms with Gasteiger partial charge in [0.2, 0.25) is 0 Å². The van der Waals surface area contributed by atoms with E-state index < -0.39 is 24.5 Å². The molecule has 7 nitrogen and oxygen atoms in total. The van der Waals surface area contributed by atoms with Gasteiger partial charge >= 0.3 is 11.9 Å². The molecule has 0 aliphatic carbocycles. The van der Waals surface area contributed by atoms with Crippen molar-refractivity contribution in [3.05, 3.63) is 71.1 Å². The molecule has 3 rings (SSSR count). The van der Waals surface area contributed by atoms with Crippen LogP contribution in [0.15, 0.2) is 60.0 Å². The van der Waals surface area contributed by atoms with E-state index in [0.29, 0.717) is 16.3 Å². The van der Waals surface area contributed by atoms with Crippen LogP contribution in [0.5, 0.6) is 5.75 Å². The Morgan fingerprint density at radius 3 is 2.35 bits per heavy atom. The predicted molar refractivity (Wildman–Crippen MR) is 118 cm³/mol. The predicted octanol–water partition coefficient (Wildman–Crippen LogP) is 4.40. The molecule has 0 spiro atoms. The summed E-state index contributed by atoms with van der Waals surface area (Å²) in [7, 11) is 1.44. The highest BCUT2D eigenvalue weighted by Gasteiger charge is 2.23. The second-order valence-corrected chi connectivity index (χ2v) is 7.14. The van der Waals surface area contributed by atoms with Crippen LogP contribution in [0.2, 0.25) is 0 Å². The lowest BCUT2D eigenvalue weighted by atomic mass is 10.0. The van der Waals surface area contributed by atoms with Crippen LogP contribution in [0.3, 0.4) is 0 Å². The maximum Gasteiger partial charge on any atom is 0.342 e. The number of amides is 1. The summed E-state index contributed by atoms with van der Waals surface area (Å²) in [6.45, 7) is 1.40. The Labute approximate surface area is 183 Å². The van der Waals surface area contributed by atoms with E-state index in [2.05, 4.69) is 5.32 Å². The largest absolute Gasteiger partial charge is 0.496 e. The van der Waals surface area contributed by atoms with Crippen molar-refractivity contribution in [1.82, 2.24) is 0 Å². The number of thiophene rings is 1. The van der Waals surface area contributed by atoms with E-state index in [1.165, 1.54) is 18.4 Å². The minimum absolute atomic E-state index is 0.201. The van der Waals surface area contributed by atoms with Crippen molar-refractivity contribution >= 4 is 34.2 Å². The summed E-state index contributed by atoms with van der Waals surface area (Å²) in [6.07, 6.45) is 0. The highest BCUT2D eigenvalue weighted by Crippen LogP contribution is 2.36. The highest BCUT2D eigenvalue weighted by molar-refractivity contribution is 7.15. The van der Waals surface area contributed by atoms with Gasteiger partial charge in [0.05, 0.1) is 13.7 Å². The first-order chi connectivity index (χ1) is 15.0. The number of ether oxygens (including phenoxy) is 3. The van der Waals surface area contributed by atoms with Crippen molar-refractivity contribution < 1.29 is 28.6 Å². The van der Waals surface area contributed by atoms with Crippen LogP contribution in [0, 0.1) is 0 Å². The zero-order valence-corrected chi connectivity index (χ0v) is 17.9. The minimum Gasteiger partial charge on any atom is -0.496 e. The molecule has 31 heavy (non-hydrogen) atoms. The summed E-state index contributed by atoms with van der Waals surface area (Å²) < 4.78 is 15.4. The number of carbonyl (C=O) groups is 3. The number of rotatable bonds is 8. The molecule has 1 amide bonds. The van der Waals surface area contributed by atoms with Crippen LogP contribution in [0.1, 0.15) is 27.6 Å². The van der Waals surface area contributed by atoms with E-state index in [1.807, 2.05) is 30.3 Å². The smallest absolute Gasteiger partial charge is 0.342 e. The lowest BCUT2D eigenvalue weighted by molar-refractivity contribution is -0.119. The van der Waals surface area contributed by atoms with Crippen molar-refractivity contribution in [2.75, 3.05) is 25.6 Å². The van der Waals surface area contributed by atoms with Crippen molar-refractivity contribution in [1.29, 1.82) is 0 Å². The zero-order valence-electron chi connectivity index (χ0n) is 17.0. The summed E-state index contributed by atoms with van der Waals surface area (Å²) in [5, 5.41) is 4.75. The molecular formula is C23H21NO6S. The van der Waals surface area contributed by atoms with Gasteiger partial charge in [-0.05, 0) is 24.6 Å². The molecule has 0 fully saturated rings. The summed E-state index contributed by atoms with van der Waals surface area (Å²) in [4.78, 5) is 37.3. The van der Waals surface area contributed by atoms with Crippen LogP contribution in [0.25, 0.3) is 11.1 Å². The average Bonchev–Trinajstić information content (AvgIpc) is 3.21. The average molecular weight is 439 g/mol. The third kappa shape index (κ3) is 5.29. The van der Waals surface area contributed by atoms with Gasteiger partial charge in [0, 0.05) is 10.9 Å². The monoisotopic (exact) mass is 439 g/mol. The number of anilines is 1. The van der Waals surface area contributed by atoms with Crippen molar-refractivity contribution in [3.63, 3.8) is 0 Å². The van der Waals surface area contributed by atoms with Gasteiger partial charge in [-0.3, -0.25) is 4.79 Å². The molecule has 0 saturated carbocycles. The molecule has 160 valence electrons. The second-order valence-electron chi connectivity index (χ2n) is 6.26. The molecule has 8 heteroatoms. The number of esters is 2. The van der Waals surface area contributed by atoms with Gasteiger partial charge < -0.3 is 19.5 Å². The van der Waals surface area contributed by atoms with E-state index in [0.717, 1.165) is 5.56 Å². The Balaban J connectivity index is 1.74. The van der Waals surface area contributed by atoms with Gasteiger partial charge in [-0.25, -0.2) is 9.59 Å². The number of carbonyl (C=O) groups excluding carboxylic acids is 3. The first-order valence-electron chi connectivity index (χ1n) is 9.49. The van der Waals surface area contributed by atoms with E-state index in [9.17, 15) is 14.4 Å². The topological polar surface area (TPSA) is 90.9 Å². The lowest BCUT2D eigenvalue weighted by Crippen LogP contribution is -2.22. The molecule has 0 radical (unpaired) electrons. The van der Waals surface area contributed by atoms with Crippen molar-refractivity contribution in [3.8, 4) is 16.9 Å². The van der Waals surface area contributed by atoms with Gasteiger partial charge in [-0.2, -0.15) is 0 Å². The summed E-state index contributed by atoms with van der Waals surface area (Å²) in [5.41, 5.74) is 1.96. The Morgan fingerprint density at radius 1 is 0.935 bits per heavy atom. The second kappa shape index (κ2) is 10.4. The summed E-state index contributed by atoms with van der Waals surface area (Å²) >= 11 is 1.20. The maximum atomic E-state index is 12.6. The van der Waals surface area contributed by atoms with E-state index >= 15 is 0 Å². The summed E-state index contributed by atoms with van der Waals surface area (Å²) in [5.74, 6) is -1.45. The Bertz CT molecular complexity index is 1080. The third-order valence-electron chi connectivity index (χ3n) is 4.27. The van der Waals surface area contributed by atoms with Crippen LogP contribution in [-0.4, -0.2) is 38.2 Å². The van der Waals surface area contributed by atoms with Crippen molar-refractivity contribution in [2.45, 2.75) is 6.92 Å². The summed E-state index contributed by atoms with van der Waals surface area (Å²) in [6, 6.07) is 15.9. The van der Waals surface area contributed by atoms with Gasteiger partial charge in [-0.15, -0.1) is 11.3 Å². The lowest BCUT2D eigenvalue weighted by Gasteiger charge is -2.10. The highest BCUT2D eigenvalue weighted by atomic mass is 32.1. The first kappa shape index (κ1) is 22.0. The van der Waals surface area contributed by atoms with E-state index in [-0.39, 0.29) is 17.7 Å². The molecule has 1 N–H and O–H groups in total. The first-order valence-corrected chi connectivity index (χ1v) is 10.4. The van der Waals surface area contributed by atoms with Gasteiger partial charge in [0.15, 0.2) is 6.61 Å². The molecule has 0 aliphatic rings. The van der Waals surface area contributed by atoms with E-state index in [1.54, 1.807) is 36.6 Å². The third-order valence-corrected chi connectivity index (χ3v) is 5.17. The van der Waals surface area contributed by atoms with Crippen LogP contribution >= 0.6 is 11.3 Å². The molecule has 0 aliphatic heterocycles. The molecule has 1 heterocycles. The maximum absolute atomic E-state index is 12.6. The molecule has 2 aromatic carbocycles. The molecular weight excluding hydrogens is 418 g/mol. The zero-order chi connectivity index (χ0) is 22.2. The molecule has 0 saturated heterocycles. The van der Waals surface area contributed by atoms with E-state index in [4.69, 9.17) is 14.2 Å². The fourth-order valence-corrected chi connectivity index (χ4v) is 3.84. The van der Waals surface area contributed by atoms with Crippen LogP contribution in [-0.2, 0) is 14.3 Å². The number of para-hydroxylation sites is 1. The Kier molecular flexibility index (Phi) is 7.40. The fourth-order valence-electron chi connectivity index (χ4n) is 2.87. The molecule has 1 aromatic heterocycles. The van der Waals surface area contributed by atoms with Gasteiger partial charge in [0.1, 0.15) is 21.9 Å². The molecule has 0 unspecified atom stereocenters. The van der Waals surface area contributed by atoms with Gasteiger partial charge in [-0.1, -0.05) is 42.5 Å². The standard InChI is InChI=1S/C23H21NO6S/c1-3-29-23(27)20-17(15-9-5-4-6-10-15)14-31-21(20)24-19(25)13-30-22(26)16-11-7-8-12-18(16)28-2/h4-12,14H,3,13H2,1-2H3,(H,24,25). The molecule has 3 aromatic rings. The fraction of sp³-hybridized carbons (Fsp3) is 0.174. The Hall–Kier alpha value is -3.65. The number of benzene rings is 2. The SMILES string of the molecule is CCOC(=O)c1c(-c2ccccc2)csc1NC(=O)COC(=O)c1ccccc1OC. The van der Waals surface area contributed by atoms with Crippen molar-refractivity contribution in [2.24, 2.45) is 0 Å². The Morgan fingerprint density at radius 2 is 1.65 bits per heavy atom. The molecule has 0 atom stereocenters. The quantitative estimate of drug-likeness (QED) is 0.523. The van der Waals surface area contributed by atoms with Crippen LogP contribution < -0.4 is 10.1 Å². The number of hydrogen-bond donors (Lipinski definition) is 1. The number of methoxy groups -OCH3 is 1. The molecule has 0 bridgehead atoms. The van der Waals surface area contributed by atoms with Gasteiger partial charge in [0.25, 0.3) is 5.91 Å². The number of nitrogens with one attached hydrogen (secondary N) is 1.